The molecule has 0 atom stereocenters. The van der Waals surface area contributed by atoms with E-state index in [1.165, 1.54) is 41.0 Å². The van der Waals surface area contributed by atoms with Crippen molar-refractivity contribution < 1.29 is 27.5 Å². The van der Waals surface area contributed by atoms with Crippen LogP contribution in [0, 0.1) is 0 Å². The molecule has 12 nitrogen and oxygen atoms in total. The van der Waals surface area contributed by atoms with Gasteiger partial charge < -0.3 is 25.6 Å². The molecule has 0 saturated carbocycles. The van der Waals surface area contributed by atoms with Crippen LogP contribution in [-0.4, -0.2) is 92.2 Å². The minimum Gasteiger partial charge on any atom is -0.383 e. The Labute approximate surface area is 249 Å². The number of benzene rings is 1. The number of ether oxygens (including phenoxy) is 1. The van der Waals surface area contributed by atoms with Gasteiger partial charge in [-0.2, -0.15) is 18.3 Å². The van der Waals surface area contributed by atoms with Crippen molar-refractivity contribution in [3.8, 4) is 11.3 Å². The summed E-state index contributed by atoms with van der Waals surface area (Å²) in [5.41, 5.74) is 5.54. The van der Waals surface area contributed by atoms with Gasteiger partial charge in [-0.25, -0.2) is 9.97 Å². The standard InChI is InChI=1S/C27H29ClF3N9O3/c1-43-13-12-39-16-19(23(36-39)27(29,30)31)21-15-34-25-24(33-6-7-40(21)25)35-17-2-3-18(20(28)14-17)26(42)38-10-8-37(9-11-38)22(41)4-5-32/h2-3,6-7,14-16H,4-5,8-13,32H2,1H3,(H,33,35). The number of aromatic nitrogens is 5. The fourth-order valence-electron chi connectivity index (χ4n) is 4.84. The molecular formula is C27H29ClF3N9O3. The predicted molar refractivity (Wildman–Crippen MR) is 152 cm³/mol. The maximum absolute atomic E-state index is 13.8. The first kappa shape index (κ1) is 30.3. The van der Waals surface area contributed by atoms with E-state index >= 15 is 0 Å². The van der Waals surface area contributed by atoms with E-state index in [-0.39, 0.29) is 65.7 Å². The first-order chi connectivity index (χ1) is 20.6. The van der Waals surface area contributed by atoms with Crippen molar-refractivity contribution in [3.63, 3.8) is 0 Å². The van der Waals surface area contributed by atoms with Gasteiger partial charge in [0.05, 0.1) is 41.2 Å². The number of methoxy groups -OCH3 is 1. The van der Waals surface area contributed by atoms with Gasteiger partial charge in [-0.05, 0) is 18.2 Å². The van der Waals surface area contributed by atoms with E-state index in [2.05, 4.69) is 20.4 Å². The van der Waals surface area contributed by atoms with Crippen LogP contribution in [0.2, 0.25) is 5.02 Å². The van der Waals surface area contributed by atoms with Crippen LogP contribution in [0.15, 0.2) is 43.0 Å². The highest BCUT2D eigenvalue weighted by molar-refractivity contribution is 6.34. The fraction of sp³-hybridized carbons (Fsp3) is 0.370. The van der Waals surface area contributed by atoms with Crippen molar-refractivity contribution in [2.75, 3.05) is 51.8 Å². The molecule has 0 radical (unpaired) electrons. The average molecular weight is 620 g/mol. The number of alkyl halides is 3. The highest BCUT2D eigenvalue weighted by Crippen LogP contribution is 2.37. The van der Waals surface area contributed by atoms with Gasteiger partial charge in [-0.1, -0.05) is 11.6 Å². The molecule has 1 saturated heterocycles. The number of piperazine rings is 1. The molecule has 0 bridgehead atoms. The molecule has 16 heteroatoms. The number of carbonyl (C=O) groups excluding carboxylic acids is 2. The maximum atomic E-state index is 13.8. The molecule has 1 aromatic carbocycles. The third kappa shape index (κ3) is 6.43. The lowest BCUT2D eigenvalue weighted by molar-refractivity contribution is -0.141. The molecule has 4 aromatic rings. The zero-order valence-corrected chi connectivity index (χ0v) is 23.9. The monoisotopic (exact) mass is 619 g/mol. The first-order valence-corrected chi connectivity index (χ1v) is 13.8. The highest BCUT2D eigenvalue weighted by Gasteiger charge is 2.38. The number of rotatable bonds is 9. The summed E-state index contributed by atoms with van der Waals surface area (Å²) in [5, 5.41) is 7.02. The summed E-state index contributed by atoms with van der Waals surface area (Å²) >= 11 is 6.50. The minimum absolute atomic E-state index is 0.0331. The summed E-state index contributed by atoms with van der Waals surface area (Å²) in [6.45, 7) is 2.21. The van der Waals surface area contributed by atoms with E-state index in [9.17, 15) is 22.8 Å². The first-order valence-electron chi connectivity index (χ1n) is 13.4. The van der Waals surface area contributed by atoms with Gasteiger partial charge in [0.1, 0.15) is 0 Å². The smallest absolute Gasteiger partial charge is 0.383 e. The summed E-state index contributed by atoms with van der Waals surface area (Å²) in [7, 11) is 1.46. The second kappa shape index (κ2) is 12.6. The molecule has 43 heavy (non-hydrogen) atoms. The van der Waals surface area contributed by atoms with Gasteiger partial charge in [0.25, 0.3) is 5.91 Å². The van der Waals surface area contributed by atoms with Gasteiger partial charge in [-0.15, -0.1) is 0 Å². The predicted octanol–water partition coefficient (Wildman–Crippen LogP) is 3.29. The van der Waals surface area contributed by atoms with Crippen LogP contribution in [0.5, 0.6) is 0 Å². The number of imidazole rings is 1. The Morgan fingerprint density at radius 3 is 2.56 bits per heavy atom. The van der Waals surface area contributed by atoms with E-state index < -0.39 is 11.9 Å². The maximum Gasteiger partial charge on any atom is 0.435 e. The number of amides is 2. The summed E-state index contributed by atoms with van der Waals surface area (Å²) in [4.78, 5) is 37.2. The van der Waals surface area contributed by atoms with Crippen LogP contribution in [0.1, 0.15) is 22.5 Å². The van der Waals surface area contributed by atoms with Gasteiger partial charge in [0.2, 0.25) is 5.91 Å². The quantitative estimate of drug-likeness (QED) is 0.291. The molecule has 1 fully saturated rings. The van der Waals surface area contributed by atoms with E-state index in [0.717, 1.165) is 0 Å². The number of hydrogen-bond donors (Lipinski definition) is 2. The van der Waals surface area contributed by atoms with Crippen LogP contribution < -0.4 is 11.1 Å². The largest absolute Gasteiger partial charge is 0.435 e. The topological polar surface area (TPSA) is 136 Å². The second-order valence-electron chi connectivity index (χ2n) is 9.79. The molecule has 3 N–H and O–H groups in total. The molecular weight excluding hydrogens is 591 g/mol. The Hall–Kier alpha value is -4.21. The summed E-state index contributed by atoms with van der Waals surface area (Å²) in [6, 6.07) is 4.79. The molecule has 1 aliphatic rings. The van der Waals surface area contributed by atoms with Crippen LogP contribution >= 0.6 is 11.6 Å². The van der Waals surface area contributed by atoms with Crippen LogP contribution in [0.3, 0.4) is 0 Å². The van der Waals surface area contributed by atoms with E-state index in [4.69, 9.17) is 22.1 Å². The van der Waals surface area contributed by atoms with E-state index in [1.54, 1.807) is 28.0 Å². The van der Waals surface area contributed by atoms with E-state index in [1.807, 2.05) is 0 Å². The SMILES string of the molecule is COCCn1cc(-c2cnc3c(Nc4ccc(C(=O)N5CCN(C(=O)CCN)CC5)c(Cl)c4)nccn23)c(C(F)(F)F)n1. The van der Waals surface area contributed by atoms with Crippen molar-refractivity contribution in [2.24, 2.45) is 5.73 Å². The molecule has 0 unspecified atom stereocenters. The lowest BCUT2D eigenvalue weighted by Crippen LogP contribution is -2.50. The summed E-state index contributed by atoms with van der Waals surface area (Å²) < 4.78 is 49.2. The van der Waals surface area contributed by atoms with Crippen LogP contribution in [0.25, 0.3) is 16.9 Å². The molecule has 3 aromatic heterocycles. The third-order valence-electron chi connectivity index (χ3n) is 7.00. The highest BCUT2D eigenvalue weighted by atomic mass is 35.5. The number of anilines is 2. The second-order valence-corrected chi connectivity index (χ2v) is 10.2. The van der Waals surface area contributed by atoms with Crippen molar-refractivity contribution >= 4 is 40.6 Å². The van der Waals surface area contributed by atoms with Gasteiger partial charge in [0.15, 0.2) is 17.2 Å². The lowest BCUT2D eigenvalue weighted by atomic mass is 10.1. The number of carbonyl (C=O) groups is 2. The Balaban J connectivity index is 1.35. The van der Waals surface area contributed by atoms with Gasteiger partial charge >= 0.3 is 6.18 Å². The van der Waals surface area contributed by atoms with E-state index in [0.29, 0.717) is 37.4 Å². The molecule has 0 spiro atoms. The van der Waals surface area contributed by atoms with Crippen molar-refractivity contribution in [1.29, 1.82) is 0 Å². The molecule has 4 heterocycles. The van der Waals surface area contributed by atoms with Crippen molar-refractivity contribution in [2.45, 2.75) is 19.1 Å². The normalized spacial score (nSPS) is 14.0. The zero-order chi connectivity index (χ0) is 30.7. The molecule has 228 valence electrons. The Bertz CT molecular complexity index is 1630. The van der Waals surface area contributed by atoms with Crippen molar-refractivity contribution in [3.05, 3.63) is 59.3 Å². The minimum atomic E-state index is -4.68. The Morgan fingerprint density at radius 2 is 1.88 bits per heavy atom. The van der Waals surface area contributed by atoms with Crippen LogP contribution in [0.4, 0.5) is 24.7 Å². The molecule has 1 aliphatic heterocycles. The summed E-state index contributed by atoms with van der Waals surface area (Å²) in [6.07, 6.45) is 1.16. The number of halogens is 4. The number of fused-ring (bicyclic) bond motifs is 1. The van der Waals surface area contributed by atoms with Gasteiger partial charge in [-0.3, -0.25) is 18.7 Å². The van der Waals surface area contributed by atoms with Crippen LogP contribution in [-0.2, 0) is 22.3 Å². The molecule has 5 rings (SSSR count). The van der Waals surface area contributed by atoms with Crippen molar-refractivity contribution in [1.82, 2.24) is 33.9 Å². The number of nitrogens with one attached hydrogen (secondary N) is 1. The summed E-state index contributed by atoms with van der Waals surface area (Å²) in [5.74, 6) is -0.0242. The molecule has 0 aliphatic carbocycles. The number of hydrogen-bond acceptors (Lipinski definition) is 8. The number of nitrogens with two attached hydrogens (primary N) is 1. The lowest BCUT2D eigenvalue weighted by Gasteiger charge is -2.35. The zero-order valence-electron chi connectivity index (χ0n) is 23.1. The number of nitrogens with zero attached hydrogens (tertiary/aromatic N) is 7. The van der Waals surface area contributed by atoms with Gasteiger partial charge in [0, 0.05) is 70.5 Å². The fourth-order valence-corrected chi connectivity index (χ4v) is 5.10. The Kier molecular flexibility index (Phi) is 8.84. The Morgan fingerprint density at radius 1 is 1.14 bits per heavy atom. The average Bonchev–Trinajstić information content (AvgIpc) is 3.61. The molecule has 2 amide bonds. The third-order valence-corrected chi connectivity index (χ3v) is 7.31.